The minimum absolute atomic E-state index is 0. The number of halogens is 5. The molecule has 0 radical (unpaired) electrons. The van der Waals surface area contributed by atoms with Gasteiger partial charge in [0.1, 0.15) is 5.82 Å². The van der Waals surface area contributed by atoms with Crippen LogP contribution in [0.2, 0.25) is 0 Å². The molecule has 2 aromatic rings. The fourth-order valence-electron chi connectivity index (χ4n) is 2.27. The lowest BCUT2D eigenvalue weighted by molar-refractivity contribution is -0.140. The maximum atomic E-state index is 14.0. The quantitative estimate of drug-likeness (QED) is 0.257. The number of alkyl halides is 3. The number of nitrogens with one attached hydrogen (secondary N) is 2. The Kier molecular flexibility index (Phi) is 9.40. The zero-order valence-corrected chi connectivity index (χ0v) is 18.7. The predicted octanol–water partition coefficient (Wildman–Crippen LogP) is 3.89. The molecule has 0 amide bonds. The number of anilines is 1. The van der Waals surface area contributed by atoms with Crippen LogP contribution in [0.15, 0.2) is 28.6 Å². The molecule has 0 aliphatic carbocycles. The number of rotatable bonds is 6. The van der Waals surface area contributed by atoms with Gasteiger partial charge in [0.25, 0.3) is 0 Å². The molecule has 0 atom stereocenters. The summed E-state index contributed by atoms with van der Waals surface area (Å²) in [5, 5.41) is 7.44. The molecule has 0 saturated carbocycles. The van der Waals surface area contributed by atoms with Crippen molar-refractivity contribution in [2.75, 3.05) is 32.6 Å². The van der Waals surface area contributed by atoms with E-state index >= 15 is 0 Å². The molecule has 2 rings (SSSR count). The van der Waals surface area contributed by atoms with Gasteiger partial charge in [-0.05, 0) is 17.7 Å². The first kappa shape index (κ1) is 24.4. The second kappa shape index (κ2) is 10.8. The van der Waals surface area contributed by atoms with Crippen LogP contribution >= 0.6 is 35.3 Å². The highest BCUT2D eigenvalue weighted by atomic mass is 127. The molecule has 1 heterocycles. The Balaban J connectivity index is 0.00000392. The monoisotopic (exact) mass is 531 g/mol. The lowest BCUT2D eigenvalue weighted by Crippen LogP contribution is -2.37. The van der Waals surface area contributed by atoms with Crippen LogP contribution in [0.1, 0.15) is 16.3 Å². The highest BCUT2D eigenvalue weighted by molar-refractivity contribution is 14.0. The normalized spacial score (nSPS) is 11.8. The first-order valence-corrected chi connectivity index (χ1v) is 9.00. The highest BCUT2D eigenvalue weighted by Crippen LogP contribution is 2.30. The molecule has 0 unspecified atom stereocenters. The lowest BCUT2D eigenvalue weighted by atomic mass is 10.2. The summed E-state index contributed by atoms with van der Waals surface area (Å²) in [5.41, 5.74) is 0.381. The molecule has 5 nitrogen and oxygen atoms in total. The Bertz CT molecular complexity index is 792. The molecule has 2 N–H and O–H groups in total. The summed E-state index contributed by atoms with van der Waals surface area (Å²) in [5.74, 6) is 0.159. The summed E-state index contributed by atoms with van der Waals surface area (Å²) in [6, 6.07) is 4.96. The smallest absolute Gasteiger partial charge is 0.375 e. The highest BCUT2D eigenvalue weighted by Gasteiger charge is 2.33. The number of hydrogen-bond acceptors (Lipinski definition) is 4. The average Bonchev–Trinajstić information content (AvgIpc) is 3.07. The van der Waals surface area contributed by atoms with Crippen LogP contribution < -0.4 is 15.5 Å². The molecule has 0 fully saturated rings. The number of aliphatic imine (C=N–C) groups is 1. The van der Waals surface area contributed by atoms with E-state index in [-0.39, 0.29) is 29.8 Å². The van der Waals surface area contributed by atoms with Gasteiger partial charge >= 0.3 is 6.18 Å². The molecule has 0 saturated heterocycles. The van der Waals surface area contributed by atoms with Gasteiger partial charge in [-0.15, -0.1) is 35.3 Å². The lowest BCUT2D eigenvalue weighted by Gasteiger charge is -2.15. The van der Waals surface area contributed by atoms with Crippen molar-refractivity contribution < 1.29 is 17.6 Å². The maximum absolute atomic E-state index is 14.0. The maximum Gasteiger partial charge on any atom is 0.434 e. The van der Waals surface area contributed by atoms with Crippen molar-refractivity contribution in [2.24, 2.45) is 4.99 Å². The zero-order valence-electron chi connectivity index (χ0n) is 15.6. The van der Waals surface area contributed by atoms with Crippen LogP contribution in [0, 0.1) is 5.82 Å². The van der Waals surface area contributed by atoms with Crippen molar-refractivity contribution in [1.29, 1.82) is 0 Å². The van der Waals surface area contributed by atoms with E-state index in [2.05, 4.69) is 20.6 Å². The first-order valence-electron chi connectivity index (χ1n) is 8.12. The molecule has 28 heavy (non-hydrogen) atoms. The van der Waals surface area contributed by atoms with Crippen LogP contribution in [0.4, 0.5) is 23.2 Å². The minimum Gasteiger partial charge on any atom is -0.375 e. The molecule has 11 heteroatoms. The van der Waals surface area contributed by atoms with Gasteiger partial charge in [0, 0.05) is 46.0 Å². The summed E-state index contributed by atoms with van der Waals surface area (Å²) >= 11 is 0.974. The Morgan fingerprint density at radius 2 is 1.96 bits per heavy atom. The average molecular weight is 531 g/mol. The van der Waals surface area contributed by atoms with Gasteiger partial charge in [-0.25, -0.2) is 9.37 Å². The van der Waals surface area contributed by atoms with Crippen LogP contribution in [-0.4, -0.2) is 38.6 Å². The summed E-state index contributed by atoms with van der Waals surface area (Å²) in [6.45, 7) is 0.734. The second-order valence-corrected chi connectivity index (χ2v) is 6.85. The van der Waals surface area contributed by atoms with Gasteiger partial charge in [-0.2, -0.15) is 13.2 Å². The standard InChI is InChI=1S/C17H21F4N5S.HI/c1-22-16(23-7-6-15-25-14(10-27-15)17(19,20)21)24-9-11-4-5-13(26(2)3)12(18)8-11;/h4-5,8,10H,6-7,9H2,1-3H3,(H2,22,23,24);1H. The number of hydrogen-bond donors (Lipinski definition) is 2. The number of aromatic nitrogens is 1. The third-order valence-corrected chi connectivity index (χ3v) is 4.56. The number of nitrogens with zero attached hydrogens (tertiary/aromatic N) is 3. The molecule has 0 aliphatic heterocycles. The van der Waals surface area contributed by atoms with Crippen molar-refractivity contribution in [2.45, 2.75) is 19.1 Å². The predicted molar refractivity (Wildman–Crippen MR) is 115 cm³/mol. The fourth-order valence-corrected chi connectivity index (χ4v) is 3.08. The molecular formula is C17H22F4IN5S. The van der Waals surface area contributed by atoms with Crippen LogP contribution in [0.3, 0.4) is 0 Å². The SMILES string of the molecule is CN=C(NCCc1nc(C(F)(F)F)cs1)NCc1ccc(N(C)C)c(F)c1.I. The summed E-state index contributed by atoms with van der Waals surface area (Å²) < 4.78 is 51.6. The Hall–Kier alpha value is -1.63. The van der Waals surface area contributed by atoms with Crippen molar-refractivity contribution in [3.8, 4) is 0 Å². The number of thiazole rings is 1. The fraction of sp³-hybridized carbons (Fsp3) is 0.412. The van der Waals surface area contributed by atoms with Gasteiger partial charge in [0.05, 0.1) is 10.7 Å². The van der Waals surface area contributed by atoms with Crippen LogP contribution in [0.5, 0.6) is 0 Å². The van der Waals surface area contributed by atoms with Crippen molar-refractivity contribution in [1.82, 2.24) is 15.6 Å². The topological polar surface area (TPSA) is 52.6 Å². The molecule has 0 bridgehead atoms. The van der Waals surface area contributed by atoms with E-state index in [1.54, 1.807) is 32.1 Å². The van der Waals surface area contributed by atoms with Crippen LogP contribution in [0.25, 0.3) is 0 Å². The van der Waals surface area contributed by atoms with E-state index < -0.39 is 11.9 Å². The van der Waals surface area contributed by atoms with Gasteiger partial charge < -0.3 is 15.5 Å². The third kappa shape index (κ3) is 7.08. The van der Waals surface area contributed by atoms with Crippen molar-refractivity contribution in [3.63, 3.8) is 0 Å². The summed E-state index contributed by atoms with van der Waals surface area (Å²) in [4.78, 5) is 9.31. The third-order valence-electron chi connectivity index (χ3n) is 3.65. The Morgan fingerprint density at radius 1 is 1.25 bits per heavy atom. The Morgan fingerprint density at radius 3 is 2.50 bits per heavy atom. The Labute approximate surface area is 182 Å². The van der Waals surface area contributed by atoms with Crippen molar-refractivity contribution in [3.05, 3.63) is 45.7 Å². The molecular weight excluding hydrogens is 509 g/mol. The van der Waals surface area contributed by atoms with Crippen molar-refractivity contribution >= 4 is 47.0 Å². The van der Waals surface area contributed by atoms with E-state index in [0.29, 0.717) is 36.2 Å². The summed E-state index contributed by atoms with van der Waals surface area (Å²) in [6.07, 6.45) is -4.08. The first-order chi connectivity index (χ1) is 12.7. The minimum atomic E-state index is -4.42. The van der Waals surface area contributed by atoms with E-state index in [0.717, 1.165) is 22.3 Å². The molecule has 1 aromatic heterocycles. The van der Waals surface area contributed by atoms with E-state index in [4.69, 9.17) is 0 Å². The van der Waals surface area contributed by atoms with Gasteiger partial charge in [0.2, 0.25) is 0 Å². The summed E-state index contributed by atoms with van der Waals surface area (Å²) in [7, 11) is 5.11. The van der Waals surface area contributed by atoms with E-state index in [1.807, 2.05) is 6.07 Å². The van der Waals surface area contributed by atoms with Crippen LogP contribution in [-0.2, 0) is 19.1 Å². The largest absolute Gasteiger partial charge is 0.434 e. The molecule has 0 spiro atoms. The molecule has 1 aromatic carbocycles. The second-order valence-electron chi connectivity index (χ2n) is 5.91. The molecule has 0 aliphatic rings. The molecule has 156 valence electrons. The van der Waals surface area contributed by atoms with Gasteiger partial charge in [0.15, 0.2) is 11.7 Å². The van der Waals surface area contributed by atoms with E-state index in [9.17, 15) is 17.6 Å². The van der Waals surface area contributed by atoms with Gasteiger partial charge in [-0.1, -0.05) is 6.07 Å². The van der Waals surface area contributed by atoms with E-state index in [1.165, 1.54) is 6.07 Å². The number of guanidine groups is 1. The zero-order chi connectivity index (χ0) is 20.0. The number of benzene rings is 1. The van der Waals surface area contributed by atoms with Gasteiger partial charge in [-0.3, -0.25) is 4.99 Å².